The first-order chi connectivity index (χ1) is 9.10. The van der Waals surface area contributed by atoms with Gasteiger partial charge in [-0.2, -0.15) is 0 Å². The van der Waals surface area contributed by atoms with Crippen LogP contribution in [0.5, 0.6) is 5.75 Å². The summed E-state index contributed by atoms with van der Waals surface area (Å²) in [6.45, 7) is 5.02. The van der Waals surface area contributed by atoms with E-state index in [9.17, 15) is 4.79 Å². The number of ether oxygens (including phenoxy) is 1. The van der Waals surface area contributed by atoms with Gasteiger partial charge in [0.25, 0.3) is 0 Å². The summed E-state index contributed by atoms with van der Waals surface area (Å²) in [5.41, 5.74) is 1.90. The van der Waals surface area contributed by atoms with E-state index in [1.165, 1.54) is 0 Å². The van der Waals surface area contributed by atoms with E-state index in [0.29, 0.717) is 6.04 Å². The van der Waals surface area contributed by atoms with E-state index in [1.54, 1.807) is 7.11 Å². The molecule has 19 heavy (non-hydrogen) atoms. The third-order valence-corrected chi connectivity index (χ3v) is 3.69. The molecule has 1 aliphatic heterocycles. The van der Waals surface area contributed by atoms with Crippen LogP contribution in [0.1, 0.15) is 25.3 Å². The lowest BCUT2D eigenvalue weighted by molar-refractivity contribution is -0.120. The zero-order chi connectivity index (χ0) is 13.8. The lowest BCUT2D eigenvalue weighted by atomic mass is 9.92. The van der Waals surface area contributed by atoms with Gasteiger partial charge in [-0.25, -0.2) is 0 Å². The second-order valence-corrected chi connectivity index (χ2v) is 5.25. The molecule has 1 aromatic rings. The topological polar surface area (TPSA) is 50.4 Å². The minimum absolute atomic E-state index is 0.109. The quantitative estimate of drug-likeness (QED) is 0.879. The molecule has 1 aliphatic rings. The predicted octanol–water partition coefficient (Wildman–Crippen LogP) is 2.33. The van der Waals surface area contributed by atoms with E-state index in [-0.39, 0.29) is 11.8 Å². The normalized spacial score (nSPS) is 22.9. The minimum atomic E-state index is 0.109. The zero-order valence-corrected chi connectivity index (χ0v) is 11.8. The maximum atomic E-state index is 12.2. The Bertz CT molecular complexity index is 459. The van der Waals surface area contributed by atoms with Crippen molar-refractivity contribution < 1.29 is 9.53 Å². The van der Waals surface area contributed by atoms with Crippen molar-refractivity contribution in [2.24, 2.45) is 5.92 Å². The van der Waals surface area contributed by atoms with Gasteiger partial charge in [0.15, 0.2) is 0 Å². The molecule has 1 heterocycles. The molecular formula is C15H22N2O2. The second kappa shape index (κ2) is 6.06. The van der Waals surface area contributed by atoms with Crippen molar-refractivity contribution in [1.29, 1.82) is 0 Å². The van der Waals surface area contributed by atoms with Gasteiger partial charge < -0.3 is 15.4 Å². The molecule has 1 amide bonds. The van der Waals surface area contributed by atoms with Crippen molar-refractivity contribution in [2.75, 3.05) is 19.0 Å². The number of piperidine rings is 1. The number of nitrogens with one attached hydrogen (secondary N) is 2. The minimum Gasteiger partial charge on any atom is -0.497 e. The van der Waals surface area contributed by atoms with Gasteiger partial charge in [0.05, 0.1) is 7.11 Å². The number of aryl methyl sites for hydroxylation is 1. The summed E-state index contributed by atoms with van der Waals surface area (Å²) in [5, 5.41) is 6.39. The average molecular weight is 262 g/mol. The number of benzene rings is 1. The number of hydrogen-bond donors (Lipinski definition) is 2. The molecule has 4 heteroatoms. The lowest BCUT2D eigenvalue weighted by Crippen LogP contribution is -2.40. The van der Waals surface area contributed by atoms with Crippen LogP contribution in [-0.4, -0.2) is 25.6 Å². The number of hydrogen-bond acceptors (Lipinski definition) is 3. The van der Waals surface area contributed by atoms with Gasteiger partial charge in [-0.05, 0) is 57.0 Å². The van der Waals surface area contributed by atoms with Crippen LogP contribution in [0.25, 0.3) is 0 Å². The Morgan fingerprint density at radius 2 is 2.26 bits per heavy atom. The third kappa shape index (κ3) is 3.47. The first-order valence-corrected chi connectivity index (χ1v) is 6.79. The molecule has 0 aromatic heterocycles. The van der Waals surface area contributed by atoms with Crippen LogP contribution in [0, 0.1) is 12.8 Å². The fraction of sp³-hybridized carbons (Fsp3) is 0.533. The van der Waals surface area contributed by atoms with Crippen molar-refractivity contribution in [3.8, 4) is 5.75 Å². The Morgan fingerprint density at radius 3 is 2.89 bits per heavy atom. The molecule has 1 aromatic carbocycles. The highest BCUT2D eigenvalue weighted by molar-refractivity contribution is 5.93. The summed E-state index contributed by atoms with van der Waals surface area (Å²) in [5.74, 6) is 1.05. The number of anilines is 1. The molecule has 0 bridgehead atoms. The van der Waals surface area contributed by atoms with Crippen LogP contribution >= 0.6 is 0 Å². The monoisotopic (exact) mass is 262 g/mol. The molecule has 0 radical (unpaired) electrons. The zero-order valence-electron chi connectivity index (χ0n) is 11.8. The van der Waals surface area contributed by atoms with Crippen LogP contribution in [-0.2, 0) is 4.79 Å². The molecule has 1 saturated heterocycles. The van der Waals surface area contributed by atoms with Crippen molar-refractivity contribution in [3.63, 3.8) is 0 Å². The Hall–Kier alpha value is -1.55. The van der Waals surface area contributed by atoms with Crippen LogP contribution in [0.3, 0.4) is 0 Å². The maximum absolute atomic E-state index is 12.2. The Labute approximate surface area is 114 Å². The van der Waals surface area contributed by atoms with Gasteiger partial charge in [-0.3, -0.25) is 4.79 Å². The number of methoxy groups -OCH3 is 1. The number of rotatable bonds is 3. The predicted molar refractivity (Wildman–Crippen MR) is 76.5 cm³/mol. The van der Waals surface area contributed by atoms with Crippen LogP contribution < -0.4 is 15.4 Å². The molecular weight excluding hydrogens is 240 g/mol. The summed E-state index contributed by atoms with van der Waals surface area (Å²) < 4.78 is 5.16. The van der Waals surface area contributed by atoms with Gasteiger partial charge in [0.2, 0.25) is 5.91 Å². The maximum Gasteiger partial charge on any atom is 0.227 e. The smallest absolute Gasteiger partial charge is 0.227 e. The van der Waals surface area contributed by atoms with E-state index in [4.69, 9.17) is 4.74 Å². The fourth-order valence-corrected chi connectivity index (χ4v) is 2.51. The second-order valence-electron chi connectivity index (χ2n) is 5.25. The molecule has 0 unspecified atom stereocenters. The third-order valence-electron chi connectivity index (χ3n) is 3.69. The molecule has 4 nitrogen and oxygen atoms in total. The van der Waals surface area contributed by atoms with Gasteiger partial charge in [0.1, 0.15) is 5.75 Å². The Morgan fingerprint density at radius 1 is 1.47 bits per heavy atom. The summed E-state index contributed by atoms with van der Waals surface area (Å²) in [7, 11) is 1.64. The van der Waals surface area contributed by atoms with Gasteiger partial charge in [0, 0.05) is 17.6 Å². The van der Waals surface area contributed by atoms with Crippen molar-refractivity contribution >= 4 is 11.6 Å². The highest BCUT2D eigenvalue weighted by Gasteiger charge is 2.24. The fourth-order valence-electron chi connectivity index (χ4n) is 2.51. The molecule has 2 rings (SSSR count). The molecule has 104 valence electrons. The van der Waals surface area contributed by atoms with Gasteiger partial charge >= 0.3 is 0 Å². The van der Waals surface area contributed by atoms with Crippen molar-refractivity contribution in [1.82, 2.24) is 5.32 Å². The van der Waals surface area contributed by atoms with E-state index in [1.807, 2.05) is 25.1 Å². The highest BCUT2D eigenvalue weighted by atomic mass is 16.5. The molecule has 0 saturated carbocycles. The van der Waals surface area contributed by atoms with E-state index >= 15 is 0 Å². The van der Waals surface area contributed by atoms with Crippen molar-refractivity contribution in [2.45, 2.75) is 32.7 Å². The summed E-state index contributed by atoms with van der Waals surface area (Å²) in [6, 6.07) is 6.12. The van der Waals surface area contributed by atoms with Crippen LogP contribution in [0.15, 0.2) is 18.2 Å². The number of carbonyl (C=O) groups is 1. The lowest BCUT2D eigenvalue weighted by Gasteiger charge is -2.27. The summed E-state index contributed by atoms with van der Waals surface area (Å²) in [6.07, 6.45) is 1.81. The van der Waals surface area contributed by atoms with Gasteiger partial charge in [-0.1, -0.05) is 0 Å². The van der Waals surface area contributed by atoms with E-state index in [0.717, 1.165) is 36.4 Å². The van der Waals surface area contributed by atoms with Crippen LogP contribution in [0.4, 0.5) is 5.69 Å². The first kappa shape index (κ1) is 13.9. The SMILES string of the molecule is COc1ccc(NC(=O)[C@H]2CCN[C@@H](C)C2)c(C)c1. The van der Waals surface area contributed by atoms with E-state index < -0.39 is 0 Å². The summed E-state index contributed by atoms with van der Waals surface area (Å²) in [4.78, 5) is 12.2. The van der Waals surface area contributed by atoms with Gasteiger partial charge in [-0.15, -0.1) is 0 Å². The molecule has 1 fully saturated rings. The number of amides is 1. The molecule has 2 atom stereocenters. The first-order valence-electron chi connectivity index (χ1n) is 6.79. The average Bonchev–Trinajstić information content (AvgIpc) is 2.41. The summed E-state index contributed by atoms with van der Waals surface area (Å²) >= 11 is 0. The highest BCUT2D eigenvalue weighted by Crippen LogP contribution is 2.23. The van der Waals surface area contributed by atoms with Crippen molar-refractivity contribution in [3.05, 3.63) is 23.8 Å². The molecule has 0 aliphatic carbocycles. The standard InChI is InChI=1S/C15H22N2O2/c1-10-8-13(19-3)4-5-14(10)17-15(18)12-6-7-16-11(2)9-12/h4-5,8,11-12,16H,6-7,9H2,1-3H3,(H,17,18)/t11-,12-/m0/s1. The molecule has 0 spiro atoms. The Kier molecular flexibility index (Phi) is 4.43. The largest absolute Gasteiger partial charge is 0.497 e. The van der Waals surface area contributed by atoms with E-state index in [2.05, 4.69) is 17.6 Å². The molecule has 2 N–H and O–H groups in total. The Balaban J connectivity index is 2.02. The number of carbonyl (C=O) groups excluding carboxylic acids is 1. The van der Waals surface area contributed by atoms with Crippen LogP contribution in [0.2, 0.25) is 0 Å².